The fraction of sp³-hybridized carbons (Fsp3) is 0.471. The van der Waals surface area contributed by atoms with Gasteiger partial charge in [0, 0.05) is 19.0 Å². The van der Waals surface area contributed by atoms with E-state index in [0.717, 1.165) is 24.2 Å². The van der Waals surface area contributed by atoms with Gasteiger partial charge in [-0.3, -0.25) is 9.59 Å². The summed E-state index contributed by atoms with van der Waals surface area (Å²) in [5, 5.41) is 7.73. The second-order valence-corrected chi connectivity index (χ2v) is 6.74. The highest BCUT2D eigenvalue weighted by Gasteiger charge is 2.30. The molecule has 0 bridgehead atoms. The van der Waals surface area contributed by atoms with E-state index in [1.54, 1.807) is 9.42 Å². The van der Waals surface area contributed by atoms with Gasteiger partial charge in [0.15, 0.2) is 0 Å². The summed E-state index contributed by atoms with van der Waals surface area (Å²) in [6.45, 7) is 2.84. The SMILES string of the molecule is CC(Nc1c(C(N)=O)cnn2cc(N3CCCC3=O)cc12)C1CC1. The number of aromatic nitrogens is 2. The van der Waals surface area contributed by atoms with Crippen LogP contribution >= 0.6 is 0 Å². The van der Waals surface area contributed by atoms with Gasteiger partial charge in [-0.2, -0.15) is 5.10 Å². The number of anilines is 2. The highest BCUT2D eigenvalue weighted by atomic mass is 16.2. The Bertz CT molecular complexity index is 824. The molecule has 0 radical (unpaired) electrons. The molecular weight excluding hydrogens is 306 g/mol. The third-order valence-corrected chi connectivity index (χ3v) is 4.97. The van der Waals surface area contributed by atoms with Gasteiger partial charge in [-0.1, -0.05) is 0 Å². The third kappa shape index (κ3) is 2.50. The van der Waals surface area contributed by atoms with E-state index in [1.165, 1.54) is 19.0 Å². The molecule has 1 saturated carbocycles. The molecule has 126 valence electrons. The standard InChI is InChI=1S/C17H21N5O2/c1-10(11-4-5-11)20-16-13(17(18)24)8-19-22-9-12(7-14(16)22)21-6-2-3-15(21)23/h7-11,20H,2-6H2,1H3,(H2,18,24). The number of carbonyl (C=O) groups excluding carboxylic acids is 2. The summed E-state index contributed by atoms with van der Waals surface area (Å²) in [4.78, 5) is 25.6. The maximum Gasteiger partial charge on any atom is 0.252 e. The first-order chi connectivity index (χ1) is 11.5. The molecule has 1 aliphatic carbocycles. The molecule has 2 aromatic rings. The van der Waals surface area contributed by atoms with E-state index in [-0.39, 0.29) is 11.9 Å². The van der Waals surface area contributed by atoms with Crippen molar-refractivity contribution in [2.75, 3.05) is 16.8 Å². The van der Waals surface area contributed by atoms with Crippen molar-refractivity contribution in [1.29, 1.82) is 0 Å². The number of nitrogens with zero attached hydrogens (tertiary/aromatic N) is 3. The van der Waals surface area contributed by atoms with E-state index in [2.05, 4.69) is 17.3 Å². The second kappa shape index (κ2) is 5.51. The number of carbonyl (C=O) groups is 2. The lowest BCUT2D eigenvalue weighted by Crippen LogP contribution is -2.23. The number of hydrogen-bond acceptors (Lipinski definition) is 4. The highest BCUT2D eigenvalue weighted by molar-refractivity contribution is 6.03. The molecule has 2 amide bonds. The minimum atomic E-state index is -0.504. The molecular formula is C17H21N5O2. The van der Waals surface area contributed by atoms with Gasteiger partial charge >= 0.3 is 0 Å². The summed E-state index contributed by atoms with van der Waals surface area (Å²) in [7, 11) is 0. The summed E-state index contributed by atoms with van der Waals surface area (Å²) in [5.41, 5.74) is 8.20. The van der Waals surface area contributed by atoms with Gasteiger partial charge in [-0.25, -0.2) is 4.52 Å². The summed E-state index contributed by atoms with van der Waals surface area (Å²) >= 11 is 0. The first-order valence-corrected chi connectivity index (χ1v) is 8.42. The lowest BCUT2D eigenvalue weighted by atomic mass is 10.1. The predicted octanol–water partition coefficient (Wildman–Crippen LogP) is 1.77. The smallest absolute Gasteiger partial charge is 0.252 e. The van der Waals surface area contributed by atoms with Crippen LogP contribution in [0.1, 0.15) is 43.0 Å². The van der Waals surface area contributed by atoms with Gasteiger partial charge in [0.05, 0.1) is 34.8 Å². The van der Waals surface area contributed by atoms with Crippen molar-refractivity contribution in [2.24, 2.45) is 11.7 Å². The first kappa shape index (κ1) is 15.0. The lowest BCUT2D eigenvalue weighted by Gasteiger charge is -2.17. The average molecular weight is 327 g/mol. The molecule has 1 unspecified atom stereocenters. The molecule has 1 atom stereocenters. The van der Waals surface area contributed by atoms with E-state index in [4.69, 9.17) is 5.73 Å². The zero-order valence-electron chi connectivity index (χ0n) is 13.7. The maximum atomic E-state index is 12.0. The Morgan fingerprint density at radius 2 is 2.25 bits per heavy atom. The van der Waals surface area contributed by atoms with Crippen LogP contribution in [0.3, 0.4) is 0 Å². The summed E-state index contributed by atoms with van der Waals surface area (Å²) < 4.78 is 1.70. The average Bonchev–Trinajstić information content (AvgIpc) is 3.17. The molecule has 0 spiro atoms. The summed E-state index contributed by atoms with van der Waals surface area (Å²) in [5.74, 6) is 0.255. The maximum absolute atomic E-state index is 12.0. The third-order valence-electron chi connectivity index (χ3n) is 4.97. The lowest BCUT2D eigenvalue weighted by molar-refractivity contribution is -0.117. The fourth-order valence-corrected chi connectivity index (χ4v) is 3.39. The Kier molecular flexibility index (Phi) is 3.44. The van der Waals surface area contributed by atoms with E-state index >= 15 is 0 Å². The Morgan fingerprint density at radius 3 is 2.88 bits per heavy atom. The molecule has 24 heavy (non-hydrogen) atoms. The van der Waals surface area contributed by atoms with E-state index in [1.807, 2.05) is 12.3 Å². The van der Waals surface area contributed by atoms with Crippen molar-refractivity contribution in [3.63, 3.8) is 0 Å². The van der Waals surface area contributed by atoms with Gasteiger partial charge in [-0.15, -0.1) is 0 Å². The van der Waals surface area contributed by atoms with Crippen LogP contribution in [0.5, 0.6) is 0 Å². The second-order valence-electron chi connectivity index (χ2n) is 6.74. The zero-order chi connectivity index (χ0) is 16.8. The van der Waals surface area contributed by atoms with Crippen molar-refractivity contribution in [1.82, 2.24) is 9.61 Å². The largest absolute Gasteiger partial charge is 0.380 e. The molecule has 3 heterocycles. The Balaban J connectivity index is 1.79. The quantitative estimate of drug-likeness (QED) is 0.875. The summed E-state index contributed by atoms with van der Waals surface area (Å²) in [6.07, 6.45) is 7.18. The minimum Gasteiger partial charge on any atom is -0.380 e. The van der Waals surface area contributed by atoms with Crippen molar-refractivity contribution in [3.8, 4) is 0 Å². The normalized spacial score (nSPS) is 19.0. The van der Waals surface area contributed by atoms with E-state index < -0.39 is 5.91 Å². The van der Waals surface area contributed by atoms with Crippen LogP contribution in [-0.4, -0.2) is 34.0 Å². The molecule has 0 aromatic carbocycles. The number of nitrogens with two attached hydrogens (primary N) is 1. The molecule has 2 aromatic heterocycles. The molecule has 4 rings (SSSR count). The molecule has 7 heteroatoms. The van der Waals surface area contributed by atoms with Crippen LogP contribution < -0.4 is 16.0 Å². The molecule has 2 fully saturated rings. The van der Waals surface area contributed by atoms with Crippen LogP contribution in [0.2, 0.25) is 0 Å². The van der Waals surface area contributed by atoms with Crippen LogP contribution in [0.15, 0.2) is 18.5 Å². The van der Waals surface area contributed by atoms with Gasteiger partial charge < -0.3 is 16.0 Å². The van der Waals surface area contributed by atoms with Crippen molar-refractivity contribution in [3.05, 3.63) is 24.0 Å². The number of primary amides is 1. The minimum absolute atomic E-state index is 0.127. The number of amides is 2. The monoisotopic (exact) mass is 327 g/mol. The molecule has 3 N–H and O–H groups in total. The van der Waals surface area contributed by atoms with Gasteiger partial charge in [0.2, 0.25) is 5.91 Å². The molecule has 2 aliphatic rings. The van der Waals surface area contributed by atoms with Crippen molar-refractivity contribution < 1.29 is 9.59 Å². The first-order valence-electron chi connectivity index (χ1n) is 8.42. The van der Waals surface area contributed by atoms with Crippen molar-refractivity contribution in [2.45, 2.75) is 38.6 Å². The molecule has 7 nitrogen and oxygen atoms in total. The molecule has 1 saturated heterocycles. The van der Waals surface area contributed by atoms with E-state index in [9.17, 15) is 9.59 Å². The Labute approximate surface area is 139 Å². The Morgan fingerprint density at radius 1 is 1.46 bits per heavy atom. The van der Waals surface area contributed by atoms with E-state index in [0.29, 0.717) is 23.6 Å². The topological polar surface area (TPSA) is 92.7 Å². The number of nitrogens with one attached hydrogen (secondary N) is 1. The highest BCUT2D eigenvalue weighted by Crippen LogP contribution is 2.36. The zero-order valence-corrected chi connectivity index (χ0v) is 13.7. The fourth-order valence-electron chi connectivity index (χ4n) is 3.39. The van der Waals surface area contributed by atoms with Crippen LogP contribution in [0.25, 0.3) is 5.52 Å². The van der Waals surface area contributed by atoms with Crippen LogP contribution in [-0.2, 0) is 4.79 Å². The van der Waals surface area contributed by atoms with Crippen LogP contribution in [0.4, 0.5) is 11.4 Å². The number of hydrogen-bond donors (Lipinski definition) is 2. The van der Waals surface area contributed by atoms with Crippen LogP contribution in [0, 0.1) is 5.92 Å². The molecule has 1 aliphatic heterocycles. The predicted molar refractivity (Wildman–Crippen MR) is 91.1 cm³/mol. The van der Waals surface area contributed by atoms with Crippen molar-refractivity contribution >= 4 is 28.7 Å². The van der Waals surface area contributed by atoms with Gasteiger partial charge in [-0.05, 0) is 38.2 Å². The van der Waals surface area contributed by atoms with Gasteiger partial charge in [0.1, 0.15) is 0 Å². The number of rotatable bonds is 5. The Hall–Kier alpha value is -2.57. The summed E-state index contributed by atoms with van der Waals surface area (Å²) in [6, 6.07) is 2.17. The number of fused-ring (bicyclic) bond motifs is 1. The van der Waals surface area contributed by atoms with Gasteiger partial charge in [0.25, 0.3) is 5.91 Å².